The van der Waals surface area contributed by atoms with Gasteiger partial charge in [-0.3, -0.25) is 9.20 Å². The van der Waals surface area contributed by atoms with Crippen molar-refractivity contribution < 1.29 is 9.21 Å². The molecule has 0 radical (unpaired) electrons. The van der Waals surface area contributed by atoms with Crippen molar-refractivity contribution in [2.45, 2.75) is 19.4 Å². The Balaban J connectivity index is 1.87. The molecule has 0 aromatic carbocycles. The Morgan fingerprint density at radius 3 is 2.96 bits per heavy atom. The molecule has 1 N–H and O–H groups in total. The number of amides is 1. The molecule has 0 fully saturated rings. The van der Waals surface area contributed by atoms with E-state index < -0.39 is 0 Å². The minimum absolute atomic E-state index is 0.224. The molecule has 1 unspecified atom stereocenters. The molecule has 120 valence electrons. The quantitative estimate of drug-likeness (QED) is 0.752. The molecular weight excluding hydrogens is 312 g/mol. The summed E-state index contributed by atoms with van der Waals surface area (Å²) in [5.74, 6) is 2.42. The van der Waals surface area contributed by atoms with Gasteiger partial charge in [0.25, 0.3) is 5.91 Å². The first-order valence-corrected chi connectivity index (χ1v) is 8.74. The van der Waals surface area contributed by atoms with Crippen molar-refractivity contribution in [1.82, 2.24) is 19.9 Å². The SMILES string of the molecule is CSCCC(NC(=O)c1ccc(C)o1)c1nnc2ccccn12. The van der Waals surface area contributed by atoms with E-state index in [4.69, 9.17) is 4.42 Å². The largest absolute Gasteiger partial charge is 0.456 e. The van der Waals surface area contributed by atoms with E-state index >= 15 is 0 Å². The van der Waals surface area contributed by atoms with Crippen LogP contribution in [0.3, 0.4) is 0 Å². The van der Waals surface area contributed by atoms with Gasteiger partial charge in [0.15, 0.2) is 17.2 Å². The average molecular weight is 330 g/mol. The molecule has 23 heavy (non-hydrogen) atoms. The molecule has 0 aliphatic rings. The normalized spacial score (nSPS) is 12.4. The maximum atomic E-state index is 12.4. The number of carbonyl (C=O) groups is 1. The van der Waals surface area contributed by atoms with Crippen LogP contribution in [0.15, 0.2) is 40.9 Å². The van der Waals surface area contributed by atoms with Gasteiger partial charge in [0.05, 0.1) is 6.04 Å². The maximum absolute atomic E-state index is 12.4. The lowest BCUT2D eigenvalue weighted by Gasteiger charge is -2.16. The standard InChI is InChI=1S/C16H18N4O2S/c1-11-6-7-13(22-11)16(21)17-12(8-10-23-2)15-19-18-14-5-3-4-9-20(14)15/h3-7,9,12H,8,10H2,1-2H3,(H,17,21). The van der Waals surface area contributed by atoms with Crippen LogP contribution in [-0.2, 0) is 0 Å². The lowest BCUT2D eigenvalue weighted by atomic mass is 10.2. The summed E-state index contributed by atoms with van der Waals surface area (Å²) in [4.78, 5) is 12.4. The fourth-order valence-corrected chi connectivity index (χ4v) is 2.86. The van der Waals surface area contributed by atoms with Gasteiger partial charge < -0.3 is 9.73 Å². The van der Waals surface area contributed by atoms with E-state index in [9.17, 15) is 4.79 Å². The Morgan fingerprint density at radius 2 is 2.22 bits per heavy atom. The Labute approximate surface area is 138 Å². The van der Waals surface area contributed by atoms with Gasteiger partial charge in [-0.15, -0.1) is 10.2 Å². The summed E-state index contributed by atoms with van der Waals surface area (Å²) in [6, 6.07) is 8.95. The lowest BCUT2D eigenvalue weighted by molar-refractivity contribution is 0.0904. The van der Waals surface area contributed by atoms with E-state index in [1.54, 1.807) is 23.9 Å². The van der Waals surface area contributed by atoms with Crippen LogP contribution in [0.25, 0.3) is 5.65 Å². The molecule has 0 spiro atoms. The second-order valence-electron chi connectivity index (χ2n) is 5.20. The lowest BCUT2D eigenvalue weighted by Crippen LogP contribution is -2.30. The molecule has 3 aromatic heterocycles. The first-order chi connectivity index (χ1) is 11.2. The van der Waals surface area contributed by atoms with Gasteiger partial charge in [-0.05, 0) is 49.6 Å². The summed E-state index contributed by atoms with van der Waals surface area (Å²) < 4.78 is 7.30. The maximum Gasteiger partial charge on any atom is 0.287 e. The number of aryl methyl sites for hydroxylation is 1. The molecule has 0 aliphatic carbocycles. The number of hydrogen-bond acceptors (Lipinski definition) is 5. The summed E-state index contributed by atoms with van der Waals surface area (Å²) in [5.41, 5.74) is 0.764. The number of furan rings is 1. The third kappa shape index (κ3) is 3.39. The van der Waals surface area contributed by atoms with Crippen LogP contribution in [-0.4, -0.2) is 32.5 Å². The van der Waals surface area contributed by atoms with E-state index in [1.807, 2.05) is 42.0 Å². The van der Waals surface area contributed by atoms with Gasteiger partial charge >= 0.3 is 0 Å². The number of hydrogen-bond donors (Lipinski definition) is 1. The molecule has 3 aromatic rings. The Hall–Kier alpha value is -2.28. The van der Waals surface area contributed by atoms with Gasteiger partial charge in [-0.2, -0.15) is 11.8 Å². The number of carbonyl (C=O) groups excluding carboxylic acids is 1. The molecule has 7 heteroatoms. The first-order valence-electron chi connectivity index (χ1n) is 7.35. The van der Waals surface area contributed by atoms with Crippen LogP contribution in [0, 0.1) is 6.92 Å². The van der Waals surface area contributed by atoms with E-state index in [-0.39, 0.29) is 11.9 Å². The number of pyridine rings is 1. The number of aromatic nitrogens is 3. The minimum atomic E-state index is -0.239. The van der Waals surface area contributed by atoms with E-state index in [2.05, 4.69) is 15.5 Å². The zero-order valence-electron chi connectivity index (χ0n) is 13.0. The fourth-order valence-electron chi connectivity index (χ4n) is 2.38. The topological polar surface area (TPSA) is 72.4 Å². The van der Waals surface area contributed by atoms with Gasteiger partial charge in [-0.25, -0.2) is 0 Å². The molecule has 0 saturated carbocycles. The van der Waals surface area contributed by atoms with Crippen LogP contribution in [0.1, 0.15) is 34.6 Å². The number of rotatable bonds is 6. The zero-order chi connectivity index (χ0) is 16.2. The highest BCUT2D eigenvalue weighted by molar-refractivity contribution is 7.98. The molecular formula is C16H18N4O2S. The number of fused-ring (bicyclic) bond motifs is 1. The molecule has 1 amide bonds. The summed E-state index contributed by atoms with van der Waals surface area (Å²) in [6.45, 7) is 1.81. The smallest absolute Gasteiger partial charge is 0.287 e. The Kier molecular flexibility index (Phi) is 4.66. The van der Waals surface area contributed by atoms with Crippen molar-refractivity contribution in [3.05, 3.63) is 53.9 Å². The molecule has 0 bridgehead atoms. The van der Waals surface area contributed by atoms with Gasteiger partial charge in [0, 0.05) is 6.20 Å². The summed E-state index contributed by atoms with van der Waals surface area (Å²) >= 11 is 1.73. The minimum Gasteiger partial charge on any atom is -0.456 e. The number of nitrogens with one attached hydrogen (secondary N) is 1. The zero-order valence-corrected chi connectivity index (χ0v) is 13.8. The van der Waals surface area contributed by atoms with Crippen molar-refractivity contribution in [2.24, 2.45) is 0 Å². The predicted octanol–water partition coefficient (Wildman–Crippen LogP) is 2.85. The molecule has 0 saturated heterocycles. The van der Waals surface area contributed by atoms with Gasteiger partial charge in [0.2, 0.25) is 0 Å². The fraction of sp³-hybridized carbons (Fsp3) is 0.312. The van der Waals surface area contributed by atoms with E-state index in [0.29, 0.717) is 11.5 Å². The molecule has 3 heterocycles. The third-order valence-corrected chi connectivity index (χ3v) is 4.18. The molecule has 1 atom stereocenters. The number of nitrogens with zero attached hydrogens (tertiary/aromatic N) is 3. The molecule has 0 aliphatic heterocycles. The van der Waals surface area contributed by atoms with Crippen molar-refractivity contribution in [1.29, 1.82) is 0 Å². The van der Waals surface area contributed by atoms with Crippen LogP contribution in [0.4, 0.5) is 0 Å². The van der Waals surface area contributed by atoms with Crippen LogP contribution < -0.4 is 5.32 Å². The summed E-state index contributed by atoms with van der Waals surface area (Å²) in [5, 5.41) is 11.4. The third-order valence-electron chi connectivity index (χ3n) is 3.53. The van der Waals surface area contributed by atoms with E-state index in [1.165, 1.54) is 0 Å². The van der Waals surface area contributed by atoms with Gasteiger partial charge in [0.1, 0.15) is 5.76 Å². The van der Waals surface area contributed by atoms with Crippen molar-refractivity contribution in [3.8, 4) is 0 Å². The van der Waals surface area contributed by atoms with Crippen LogP contribution >= 0.6 is 11.8 Å². The molecule has 3 rings (SSSR count). The van der Waals surface area contributed by atoms with Crippen molar-refractivity contribution >= 4 is 23.3 Å². The monoisotopic (exact) mass is 330 g/mol. The Bertz CT molecular complexity index is 811. The molecule has 6 nitrogen and oxygen atoms in total. The number of thioether (sulfide) groups is 1. The van der Waals surface area contributed by atoms with Crippen LogP contribution in [0.5, 0.6) is 0 Å². The average Bonchev–Trinajstić information content (AvgIpc) is 3.17. The first kappa shape index (κ1) is 15.6. The predicted molar refractivity (Wildman–Crippen MR) is 89.6 cm³/mol. The van der Waals surface area contributed by atoms with Crippen LogP contribution in [0.2, 0.25) is 0 Å². The highest BCUT2D eigenvalue weighted by atomic mass is 32.2. The Morgan fingerprint density at radius 1 is 1.35 bits per heavy atom. The van der Waals surface area contributed by atoms with Gasteiger partial charge in [-0.1, -0.05) is 6.07 Å². The summed E-state index contributed by atoms with van der Waals surface area (Å²) in [7, 11) is 0. The summed E-state index contributed by atoms with van der Waals surface area (Å²) in [6.07, 6.45) is 4.71. The van der Waals surface area contributed by atoms with E-state index in [0.717, 1.165) is 23.6 Å². The highest BCUT2D eigenvalue weighted by Crippen LogP contribution is 2.19. The van der Waals surface area contributed by atoms with Crippen molar-refractivity contribution in [3.63, 3.8) is 0 Å². The van der Waals surface area contributed by atoms with Crippen molar-refractivity contribution in [2.75, 3.05) is 12.0 Å². The second kappa shape index (κ2) is 6.87. The highest BCUT2D eigenvalue weighted by Gasteiger charge is 2.22. The second-order valence-corrected chi connectivity index (χ2v) is 6.19.